The van der Waals surface area contributed by atoms with Crippen molar-refractivity contribution in [1.82, 2.24) is 5.32 Å². The van der Waals surface area contributed by atoms with Gasteiger partial charge in [-0.3, -0.25) is 4.79 Å². The van der Waals surface area contributed by atoms with Gasteiger partial charge in [-0.05, 0) is 65.7 Å². The Morgan fingerprint density at radius 2 is 1.67 bits per heavy atom. The number of benzene rings is 4. The molecule has 11 heteroatoms. The van der Waals surface area contributed by atoms with Crippen LogP contribution in [-0.4, -0.2) is 49.8 Å². The molecule has 0 saturated heterocycles. The van der Waals surface area contributed by atoms with Gasteiger partial charge < -0.3 is 19.9 Å². The van der Waals surface area contributed by atoms with Crippen LogP contribution in [0.25, 0.3) is 0 Å². The third-order valence-corrected chi connectivity index (χ3v) is 10.1. The highest BCUT2D eigenvalue weighted by Gasteiger charge is 2.53. The number of carbonyl (C=O) groups excluding carboxylic acids is 1. The number of sulfone groups is 1. The van der Waals surface area contributed by atoms with Gasteiger partial charge in [0, 0.05) is 41.1 Å². The van der Waals surface area contributed by atoms with Crippen LogP contribution in [0.5, 0.6) is 5.75 Å². The number of hydrogen-bond donors (Lipinski definition) is 2. The van der Waals surface area contributed by atoms with E-state index < -0.39 is 27.4 Å². The predicted molar refractivity (Wildman–Crippen MR) is 177 cm³/mol. The van der Waals surface area contributed by atoms with Crippen molar-refractivity contribution >= 4 is 49.2 Å². The molecule has 1 heterocycles. The van der Waals surface area contributed by atoms with Crippen LogP contribution >= 0.6 is 27.5 Å². The first-order valence-corrected chi connectivity index (χ1v) is 17.2. The maximum absolute atomic E-state index is 14.3. The van der Waals surface area contributed by atoms with E-state index in [1.807, 2.05) is 36.4 Å². The second-order valence-electron chi connectivity index (χ2n) is 10.5. The summed E-state index contributed by atoms with van der Waals surface area (Å²) in [6, 6.07) is 29.7. The molecule has 4 aromatic carbocycles. The van der Waals surface area contributed by atoms with Gasteiger partial charge in [0.05, 0.1) is 17.3 Å². The predicted octanol–water partition coefficient (Wildman–Crippen LogP) is 6.30. The first-order chi connectivity index (χ1) is 21.7. The first kappa shape index (κ1) is 32.7. The van der Waals surface area contributed by atoms with Crippen molar-refractivity contribution in [2.24, 2.45) is 4.99 Å². The van der Waals surface area contributed by atoms with Crippen molar-refractivity contribution in [2.75, 3.05) is 19.0 Å². The van der Waals surface area contributed by atoms with Crippen LogP contribution in [-0.2, 0) is 25.9 Å². The molecule has 1 amide bonds. The third kappa shape index (κ3) is 7.76. The Hall–Kier alpha value is -3.70. The summed E-state index contributed by atoms with van der Waals surface area (Å²) in [5.41, 5.74) is 0.326. The molecule has 2 N–H and O–H groups in total. The van der Waals surface area contributed by atoms with Crippen LogP contribution in [0.1, 0.15) is 35.6 Å². The molecule has 0 fully saturated rings. The van der Waals surface area contributed by atoms with Crippen LogP contribution in [0, 0.1) is 0 Å². The van der Waals surface area contributed by atoms with Crippen LogP contribution in [0.15, 0.2) is 117 Å². The van der Waals surface area contributed by atoms with E-state index in [1.165, 1.54) is 12.1 Å². The zero-order valence-electron chi connectivity index (χ0n) is 24.2. The maximum Gasteiger partial charge on any atom is 0.252 e. The fourth-order valence-corrected chi connectivity index (χ4v) is 6.87. The number of halogens is 2. The van der Waals surface area contributed by atoms with Crippen molar-refractivity contribution < 1.29 is 27.8 Å². The fraction of sp³-hybridized carbons (Fsp3) is 0.235. The molecule has 8 nitrogen and oxygen atoms in total. The molecule has 0 unspecified atom stereocenters. The lowest BCUT2D eigenvalue weighted by Gasteiger charge is -2.30. The zero-order valence-corrected chi connectivity index (χ0v) is 27.4. The lowest BCUT2D eigenvalue weighted by molar-refractivity contribution is -0.129. The number of ether oxygens (including phenoxy) is 2. The van der Waals surface area contributed by atoms with Crippen LogP contribution in [0.4, 0.5) is 0 Å². The molecule has 0 aliphatic carbocycles. The van der Waals surface area contributed by atoms with Crippen molar-refractivity contribution in [3.8, 4) is 5.75 Å². The first-order valence-electron chi connectivity index (χ1n) is 14.4. The molecule has 0 spiro atoms. The van der Waals surface area contributed by atoms with E-state index in [1.54, 1.807) is 54.6 Å². The van der Waals surface area contributed by atoms with Gasteiger partial charge in [-0.25, -0.2) is 13.4 Å². The van der Waals surface area contributed by atoms with Gasteiger partial charge in [0.25, 0.3) is 5.91 Å². The van der Waals surface area contributed by atoms with E-state index in [4.69, 9.17) is 31.2 Å². The maximum atomic E-state index is 14.3. The van der Waals surface area contributed by atoms with E-state index in [2.05, 4.69) is 21.2 Å². The number of rotatable bonds is 13. The van der Waals surface area contributed by atoms with Gasteiger partial charge in [0.15, 0.2) is 21.5 Å². The molecule has 45 heavy (non-hydrogen) atoms. The average molecular weight is 712 g/mol. The topological polar surface area (TPSA) is 114 Å². The van der Waals surface area contributed by atoms with Crippen LogP contribution in [0.2, 0.25) is 5.02 Å². The molecule has 234 valence electrons. The molecule has 0 aromatic heterocycles. The highest BCUT2D eigenvalue weighted by Crippen LogP contribution is 2.43. The highest BCUT2D eigenvalue weighted by molar-refractivity contribution is 9.10. The minimum Gasteiger partial charge on any atom is -0.494 e. The number of nitrogens with zero attached hydrogens (tertiary/aromatic N) is 1. The Morgan fingerprint density at radius 3 is 2.36 bits per heavy atom. The summed E-state index contributed by atoms with van der Waals surface area (Å²) < 4.78 is 39.9. The summed E-state index contributed by atoms with van der Waals surface area (Å²) in [5, 5.41) is 12.5. The monoisotopic (exact) mass is 710 g/mol. The van der Waals surface area contributed by atoms with E-state index in [0.717, 1.165) is 4.47 Å². The second-order valence-corrected chi connectivity index (χ2v) is 13.9. The molecular weight excluding hydrogens is 680 g/mol. The molecule has 1 aliphatic rings. The zero-order chi connectivity index (χ0) is 31.9. The standard InChI is InChI=1S/C34H32BrClN2O6S/c35-27-15-11-24(12-16-27)31-34(19-22-45(41,42)29-8-2-1-3-9-29,33(40)37-23-26-7-4-5-10-30(26)36)38-32(44-31)25-13-17-28(18-14-25)43-21-6-20-39/h1-5,7-18,31,39H,6,19-23H2,(H,37,40)/t31-,34-/m1/s1. The summed E-state index contributed by atoms with van der Waals surface area (Å²) in [6.07, 6.45) is -0.576. The lowest BCUT2D eigenvalue weighted by atomic mass is 9.85. The van der Waals surface area contributed by atoms with Gasteiger partial charge in [-0.15, -0.1) is 0 Å². The second kappa shape index (κ2) is 14.6. The van der Waals surface area contributed by atoms with Crippen molar-refractivity contribution in [1.29, 1.82) is 0 Å². The van der Waals surface area contributed by atoms with Crippen molar-refractivity contribution in [3.05, 3.63) is 129 Å². The Labute approximate surface area is 276 Å². The lowest BCUT2D eigenvalue weighted by Crippen LogP contribution is -2.49. The average Bonchev–Trinajstić information content (AvgIpc) is 3.45. The number of amides is 1. The van der Waals surface area contributed by atoms with E-state index in [9.17, 15) is 13.2 Å². The van der Waals surface area contributed by atoms with Gasteiger partial charge in [0.2, 0.25) is 5.90 Å². The van der Waals surface area contributed by atoms with Crippen molar-refractivity contribution in [2.45, 2.75) is 35.9 Å². The molecule has 1 aliphatic heterocycles. The number of hydrogen-bond acceptors (Lipinski definition) is 7. The Kier molecular flexibility index (Phi) is 10.6. The highest BCUT2D eigenvalue weighted by atomic mass is 79.9. The summed E-state index contributed by atoms with van der Waals surface area (Å²) in [5.74, 6) is -0.0261. The molecule has 4 aromatic rings. The largest absolute Gasteiger partial charge is 0.494 e. The Balaban J connectivity index is 1.55. The fourth-order valence-electron chi connectivity index (χ4n) is 5.01. The van der Waals surface area contributed by atoms with Gasteiger partial charge in [0.1, 0.15) is 5.75 Å². The molecular formula is C34H32BrClN2O6S. The Morgan fingerprint density at radius 1 is 0.978 bits per heavy atom. The minimum atomic E-state index is -3.77. The quantitative estimate of drug-likeness (QED) is 0.158. The summed E-state index contributed by atoms with van der Waals surface area (Å²) in [7, 11) is -3.77. The number of carbonyl (C=O) groups is 1. The van der Waals surface area contributed by atoms with E-state index in [-0.39, 0.29) is 36.1 Å². The number of nitrogens with one attached hydrogen (secondary N) is 1. The Bertz CT molecular complexity index is 1750. The number of aliphatic hydroxyl groups excluding tert-OH is 1. The smallest absolute Gasteiger partial charge is 0.252 e. The summed E-state index contributed by atoms with van der Waals surface area (Å²) >= 11 is 9.84. The normalized spacial score (nSPS) is 17.8. The SMILES string of the molecule is O=C(NCc1ccccc1Cl)[C@]1(CCS(=O)(=O)c2ccccc2)N=C(c2ccc(OCCCO)cc2)O[C@@H]1c1ccc(Br)cc1. The van der Waals surface area contributed by atoms with Gasteiger partial charge >= 0.3 is 0 Å². The molecule has 2 atom stereocenters. The van der Waals surface area contributed by atoms with E-state index in [0.29, 0.717) is 40.5 Å². The third-order valence-electron chi connectivity index (χ3n) is 7.45. The molecule has 0 saturated carbocycles. The van der Waals surface area contributed by atoms with E-state index >= 15 is 0 Å². The number of aliphatic hydroxyl groups is 1. The van der Waals surface area contributed by atoms with Crippen LogP contribution < -0.4 is 10.1 Å². The van der Waals surface area contributed by atoms with Gasteiger partial charge in [-0.2, -0.15) is 0 Å². The summed E-state index contributed by atoms with van der Waals surface area (Å²) in [4.78, 5) is 19.4. The molecule has 0 radical (unpaired) electrons. The molecule has 0 bridgehead atoms. The minimum absolute atomic E-state index is 0.0286. The van der Waals surface area contributed by atoms with Crippen LogP contribution in [0.3, 0.4) is 0 Å². The summed E-state index contributed by atoms with van der Waals surface area (Å²) in [6.45, 7) is 0.508. The van der Waals surface area contributed by atoms with Gasteiger partial charge in [-0.1, -0.05) is 76.1 Å². The molecule has 5 rings (SSSR count). The van der Waals surface area contributed by atoms with Crippen molar-refractivity contribution in [3.63, 3.8) is 0 Å². The number of aliphatic imine (C=N–C) groups is 1.